The second-order valence-corrected chi connectivity index (χ2v) is 6.24. The number of hydrogen-bond donors (Lipinski definition) is 0. The molecule has 27 heavy (non-hydrogen) atoms. The average Bonchev–Trinajstić information content (AvgIpc) is 2.72. The maximum absolute atomic E-state index is 12.7. The van der Waals surface area contributed by atoms with Crippen LogP contribution in [0, 0.1) is 10.1 Å². The average molecular weight is 361 g/mol. The van der Waals surface area contributed by atoms with Gasteiger partial charge in [0.05, 0.1) is 10.5 Å². The van der Waals surface area contributed by atoms with Crippen LogP contribution in [0.1, 0.15) is 40.4 Å². The van der Waals surface area contributed by atoms with Gasteiger partial charge >= 0.3 is 5.97 Å². The molecule has 0 heterocycles. The van der Waals surface area contributed by atoms with E-state index < -0.39 is 17.0 Å². The number of ether oxygens (including phenoxy) is 1. The van der Waals surface area contributed by atoms with Crippen LogP contribution in [0.2, 0.25) is 0 Å². The Labute approximate surface area is 157 Å². The summed E-state index contributed by atoms with van der Waals surface area (Å²) in [6, 6.07) is 24.8. The fourth-order valence-electron chi connectivity index (χ4n) is 2.94. The van der Waals surface area contributed by atoms with E-state index in [1.165, 1.54) is 24.3 Å². The van der Waals surface area contributed by atoms with E-state index in [0.717, 1.165) is 11.1 Å². The molecule has 1 unspecified atom stereocenters. The van der Waals surface area contributed by atoms with E-state index in [-0.39, 0.29) is 17.2 Å². The molecule has 0 aliphatic carbocycles. The van der Waals surface area contributed by atoms with Crippen LogP contribution in [-0.2, 0) is 4.74 Å². The molecule has 5 heteroatoms. The third-order valence-corrected chi connectivity index (χ3v) is 4.46. The molecule has 0 N–H and O–H groups in total. The van der Waals surface area contributed by atoms with Crippen LogP contribution >= 0.6 is 0 Å². The molecule has 2 atom stereocenters. The van der Waals surface area contributed by atoms with Gasteiger partial charge in [0.25, 0.3) is 5.69 Å². The van der Waals surface area contributed by atoms with E-state index in [9.17, 15) is 14.9 Å². The maximum Gasteiger partial charge on any atom is 0.338 e. The number of nitro benzene ring substituents is 1. The van der Waals surface area contributed by atoms with Crippen LogP contribution in [-0.4, -0.2) is 10.9 Å². The van der Waals surface area contributed by atoms with E-state index in [2.05, 4.69) is 0 Å². The van der Waals surface area contributed by atoms with Crippen molar-refractivity contribution >= 4 is 11.7 Å². The van der Waals surface area contributed by atoms with Crippen molar-refractivity contribution in [3.05, 3.63) is 112 Å². The monoisotopic (exact) mass is 361 g/mol. The molecule has 3 rings (SSSR count). The lowest BCUT2D eigenvalue weighted by molar-refractivity contribution is -0.384. The molecule has 0 amide bonds. The van der Waals surface area contributed by atoms with Crippen LogP contribution in [0.3, 0.4) is 0 Å². The zero-order valence-corrected chi connectivity index (χ0v) is 14.8. The molecule has 5 nitrogen and oxygen atoms in total. The summed E-state index contributed by atoms with van der Waals surface area (Å²) < 4.78 is 5.83. The predicted molar refractivity (Wildman–Crippen MR) is 103 cm³/mol. The van der Waals surface area contributed by atoms with Crippen molar-refractivity contribution < 1.29 is 14.5 Å². The molecule has 0 fully saturated rings. The minimum absolute atomic E-state index is 0.0596. The Morgan fingerprint density at radius 2 is 1.37 bits per heavy atom. The smallest absolute Gasteiger partial charge is 0.338 e. The van der Waals surface area contributed by atoms with Gasteiger partial charge in [0.2, 0.25) is 0 Å². The van der Waals surface area contributed by atoms with Crippen LogP contribution in [0.5, 0.6) is 0 Å². The summed E-state index contributed by atoms with van der Waals surface area (Å²) in [5, 5.41) is 10.8. The van der Waals surface area contributed by atoms with Crippen molar-refractivity contribution in [3.8, 4) is 0 Å². The SMILES string of the molecule is C[C@H](c1ccccc1)C(OC(=O)c1ccc([N+](=O)[O-])cc1)c1ccccc1. The van der Waals surface area contributed by atoms with Crippen molar-refractivity contribution in [2.75, 3.05) is 0 Å². The highest BCUT2D eigenvalue weighted by Crippen LogP contribution is 2.34. The normalized spacial score (nSPS) is 12.8. The van der Waals surface area contributed by atoms with Gasteiger partial charge in [-0.1, -0.05) is 67.6 Å². The first-order valence-electron chi connectivity index (χ1n) is 8.61. The molecule has 3 aromatic rings. The predicted octanol–water partition coefficient (Wildman–Crippen LogP) is 5.30. The molecule has 0 saturated heterocycles. The molecular weight excluding hydrogens is 342 g/mol. The van der Waals surface area contributed by atoms with Gasteiger partial charge in [0.1, 0.15) is 6.10 Å². The van der Waals surface area contributed by atoms with Gasteiger partial charge in [-0.15, -0.1) is 0 Å². The van der Waals surface area contributed by atoms with Crippen LogP contribution in [0.4, 0.5) is 5.69 Å². The molecule has 0 radical (unpaired) electrons. The van der Waals surface area contributed by atoms with E-state index in [1.54, 1.807) is 0 Å². The molecule has 0 bridgehead atoms. The lowest BCUT2D eigenvalue weighted by Gasteiger charge is -2.25. The zero-order valence-electron chi connectivity index (χ0n) is 14.8. The molecule has 136 valence electrons. The summed E-state index contributed by atoms with van der Waals surface area (Å²) in [4.78, 5) is 22.9. The highest BCUT2D eigenvalue weighted by atomic mass is 16.6. The third-order valence-electron chi connectivity index (χ3n) is 4.46. The minimum Gasteiger partial charge on any atom is -0.453 e. The number of non-ortho nitro benzene ring substituents is 1. The van der Waals surface area contributed by atoms with Gasteiger partial charge in [0.15, 0.2) is 0 Å². The van der Waals surface area contributed by atoms with Crippen molar-refractivity contribution in [1.29, 1.82) is 0 Å². The number of carbonyl (C=O) groups excluding carboxylic acids is 1. The fourth-order valence-corrected chi connectivity index (χ4v) is 2.94. The first kappa shape index (κ1) is 18.3. The molecule has 0 aliphatic rings. The Morgan fingerprint density at radius 1 is 0.852 bits per heavy atom. The summed E-state index contributed by atoms with van der Waals surface area (Å²) in [5.41, 5.74) is 2.16. The van der Waals surface area contributed by atoms with Crippen LogP contribution < -0.4 is 0 Å². The lowest BCUT2D eigenvalue weighted by Crippen LogP contribution is -2.17. The van der Waals surface area contributed by atoms with Gasteiger partial charge in [-0.05, 0) is 23.3 Å². The molecule has 0 aromatic heterocycles. The Kier molecular flexibility index (Phi) is 5.61. The molecule has 0 aliphatic heterocycles. The van der Waals surface area contributed by atoms with Crippen molar-refractivity contribution in [3.63, 3.8) is 0 Å². The Hall–Kier alpha value is -3.47. The summed E-state index contributed by atoms with van der Waals surface area (Å²) in [6.07, 6.45) is -0.476. The van der Waals surface area contributed by atoms with Gasteiger partial charge in [-0.3, -0.25) is 10.1 Å². The summed E-state index contributed by atoms with van der Waals surface area (Å²) in [7, 11) is 0. The summed E-state index contributed by atoms with van der Waals surface area (Å²) >= 11 is 0. The first-order valence-corrected chi connectivity index (χ1v) is 8.61. The molecule has 0 saturated carbocycles. The highest BCUT2D eigenvalue weighted by molar-refractivity contribution is 5.89. The van der Waals surface area contributed by atoms with Crippen LogP contribution in [0.15, 0.2) is 84.9 Å². The van der Waals surface area contributed by atoms with Crippen LogP contribution in [0.25, 0.3) is 0 Å². The summed E-state index contributed by atoms with van der Waals surface area (Å²) in [6.45, 7) is 2.01. The number of nitro groups is 1. The molecular formula is C22H19NO4. The lowest BCUT2D eigenvalue weighted by atomic mass is 9.90. The topological polar surface area (TPSA) is 69.4 Å². The number of hydrogen-bond acceptors (Lipinski definition) is 4. The van der Waals surface area contributed by atoms with Crippen molar-refractivity contribution in [2.45, 2.75) is 18.9 Å². The number of nitrogens with zero attached hydrogens (tertiary/aromatic N) is 1. The Bertz CT molecular complexity index is 908. The fraction of sp³-hybridized carbons (Fsp3) is 0.136. The first-order chi connectivity index (χ1) is 13.1. The Balaban J connectivity index is 1.87. The van der Waals surface area contributed by atoms with E-state index in [0.29, 0.717) is 0 Å². The Morgan fingerprint density at radius 3 is 1.89 bits per heavy atom. The van der Waals surface area contributed by atoms with Gasteiger partial charge in [0, 0.05) is 18.1 Å². The van der Waals surface area contributed by atoms with Gasteiger partial charge in [-0.2, -0.15) is 0 Å². The number of benzene rings is 3. The third kappa shape index (κ3) is 4.39. The van der Waals surface area contributed by atoms with E-state index in [4.69, 9.17) is 4.74 Å². The van der Waals surface area contributed by atoms with E-state index in [1.807, 2.05) is 67.6 Å². The number of esters is 1. The molecule has 3 aromatic carbocycles. The van der Waals surface area contributed by atoms with Crippen molar-refractivity contribution in [2.24, 2.45) is 0 Å². The van der Waals surface area contributed by atoms with Gasteiger partial charge in [-0.25, -0.2) is 4.79 Å². The number of carbonyl (C=O) groups is 1. The zero-order chi connectivity index (χ0) is 19.2. The van der Waals surface area contributed by atoms with Gasteiger partial charge < -0.3 is 4.74 Å². The maximum atomic E-state index is 12.7. The second-order valence-electron chi connectivity index (χ2n) is 6.24. The van der Waals surface area contributed by atoms with Crippen molar-refractivity contribution in [1.82, 2.24) is 0 Å². The van der Waals surface area contributed by atoms with E-state index >= 15 is 0 Å². The number of rotatable bonds is 6. The quantitative estimate of drug-likeness (QED) is 0.339. The standard InChI is InChI=1S/C22H19NO4/c1-16(17-8-4-2-5-9-17)21(18-10-6-3-7-11-18)27-22(24)19-12-14-20(15-13-19)23(25)26/h2-16,21H,1H3/t16-,21?/m1/s1. The highest BCUT2D eigenvalue weighted by Gasteiger charge is 2.25. The summed E-state index contributed by atoms with van der Waals surface area (Å²) in [5.74, 6) is -0.572. The molecule has 0 spiro atoms. The largest absolute Gasteiger partial charge is 0.453 e. The minimum atomic E-state index is -0.512. The second kappa shape index (κ2) is 8.27.